The van der Waals surface area contributed by atoms with Crippen molar-refractivity contribution in [1.29, 1.82) is 0 Å². The summed E-state index contributed by atoms with van der Waals surface area (Å²) in [4.78, 5) is 4.59. The van der Waals surface area contributed by atoms with E-state index in [2.05, 4.69) is 4.98 Å². The normalized spacial score (nSPS) is 16.5. The van der Waals surface area contributed by atoms with Gasteiger partial charge in [0.15, 0.2) is 0 Å². The molecule has 3 rings (SSSR count). The standard InChI is InChI=1S/C12H12N2O/c13-10-5-8-3-1-2-4-11(8)14-12(10)9-6-15-7-9/h1-5,9H,6-7,13H2. The predicted molar refractivity (Wildman–Crippen MR) is 59.7 cm³/mol. The maximum atomic E-state index is 5.98. The molecule has 0 bridgehead atoms. The van der Waals surface area contributed by atoms with Crippen LogP contribution in [0.15, 0.2) is 30.3 Å². The lowest BCUT2D eigenvalue weighted by atomic mass is 10.0. The van der Waals surface area contributed by atoms with E-state index in [1.54, 1.807) is 0 Å². The maximum Gasteiger partial charge on any atom is 0.0717 e. The monoisotopic (exact) mass is 200 g/mol. The molecule has 0 atom stereocenters. The lowest BCUT2D eigenvalue weighted by Crippen LogP contribution is -2.26. The number of rotatable bonds is 1. The number of hydrogen-bond acceptors (Lipinski definition) is 3. The highest BCUT2D eigenvalue weighted by Gasteiger charge is 2.24. The van der Waals surface area contributed by atoms with Gasteiger partial charge in [0.2, 0.25) is 0 Å². The molecule has 1 aliphatic rings. The summed E-state index contributed by atoms with van der Waals surface area (Å²) >= 11 is 0. The fourth-order valence-corrected chi connectivity index (χ4v) is 1.87. The molecule has 1 saturated heterocycles. The highest BCUT2D eigenvalue weighted by molar-refractivity contribution is 5.82. The van der Waals surface area contributed by atoms with Gasteiger partial charge in [-0.2, -0.15) is 0 Å². The molecule has 0 aliphatic carbocycles. The van der Waals surface area contributed by atoms with Crippen molar-refractivity contribution in [3.8, 4) is 0 Å². The molecule has 0 spiro atoms. The largest absolute Gasteiger partial charge is 0.397 e. The minimum Gasteiger partial charge on any atom is -0.397 e. The van der Waals surface area contributed by atoms with Crippen molar-refractivity contribution in [3.63, 3.8) is 0 Å². The molecule has 1 aromatic carbocycles. The first kappa shape index (κ1) is 8.68. The Bertz CT molecular complexity index is 506. The first-order valence-electron chi connectivity index (χ1n) is 5.07. The van der Waals surface area contributed by atoms with Crippen LogP contribution in [0.4, 0.5) is 5.69 Å². The quantitative estimate of drug-likeness (QED) is 0.765. The molecular weight excluding hydrogens is 188 g/mol. The zero-order valence-electron chi connectivity index (χ0n) is 8.31. The SMILES string of the molecule is Nc1cc2ccccc2nc1C1COC1. The Morgan fingerprint density at radius 3 is 2.80 bits per heavy atom. The third-order valence-corrected chi connectivity index (χ3v) is 2.81. The molecule has 2 heterocycles. The van der Waals surface area contributed by atoms with Gasteiger partial charge in [0, 0.05) is 5.39 Å². The molecular formula is C12H12N2O. The van der Waals surface area contributed by atoms with Gasteiger partial charge in [-0.25, -0.2) is 0 Å². The lowest BCUT2D eigenvalue weighted by molar-refractivity contribution is 0.00715. The summed E-state index contributed by atoms with van der Waals surface area (Å²) in [6.45, 7) is 1.49. The topological polar surface area (TPSA) is 48.1 Å². The average Bonchev–Trinajstić information content (AvgIpc) is 2.16. The summed E-state index contributed by atoms with van der Waals surface area (Å²) in [6, 6.07) is 10.0. The van der Waals surface area contributed by atoms with E-state index in [1.807, 2.05) is 30.3 Å². The molecule has 2 aromatic rings. The van der Waals surface area contributed by atoms with Gasteiger partial charge in [-0.15, -0.1) is 0 Å². The Kier molecular flexibility index (Phi) is 1.86. The van der Waals surface area contributed by atoms with Gasteiger partial charge in [0.1, 0.15) is 0 Å². The van der Waals surface area contributed by atoms with Crippen LogP contribution in [0.25, 0.3) is 10.9 Å². The number of benzene rings is 1. The summed E-state index contributed by atoms with van der Waals surface area (Å²) in [7, 11) is 0. The lowest BCUT2D eigenvalue weighted by Gasteiger charge is -2.26. The van der Waals surface area contributed by atoms with Gasteiger partial charge in [-0.1, -0.05) is 18.2 Å². The Labute approximate surface area is 87.9 Å². The molecule has 76 valence electrons. The summed E-state index contributed by atoms with van der Waals surface area (Å²) in [5, 5.41) is 1.10. The number of nitrogens with two attached hydrogens (primary N) is 1. The zero-order chi connectivity index (χ0) is 10.3. The fraction of sp³-hybridized carbons (Fsp3) is 0.250. The molecule has 0 radical (unpaired) electrons. The van der Waals surface area contributed by atoms with E-state index in [1.165, 1.54) is 0 Å². The minimum atomic E-state index is 0.384. The number of ether oxygens (including phenoxy) is 1. The first-order chi connectivity index (χ1) is 7.34. The third kappa shape index (κ3) is 1.36. The van der Waals surface area contributed by atoms with Crippen molar-refractivity contribution in [1.82, 2.24) is 4.98 Å². The Balaban J connectivity index is 2.17. The van der Waals surface area contributed by atoms with E-state index in [0.717, 1.165) is 35.5 Å². The highest BCUT2D eigenvalue weighted by Crippen LogP contribution is 2.29. The smallest absolute Gasteiger partial charge is 0.0717 e. The van der Waals surface area contributed by atoms with Gasteiger partial charge in [-0.05, 0) is 12.1 Å². The number of para-hydroxylation sites is 1. The van der Waals surface area contributed by atoms with Crippen molar-refractivity contribution >= 4 is 16.6 Å². The number of hydrogen-bond donors (Lipinski definition) is 1. The van der Waals surface area contributed by atoms with Crippen molar-refractivity contribution in [2.24, 2.45) is 0 Å². The van der Waals surface area contributed by atoms with Crippen molar-refractivity contribution < 1.29 is 4.74 Å². The van der Waals surface area contributed by atoms with Crippen molar-refractivity contribution in [2.45, 2.75) is 5.92 Å². The average molecular weight is 200 g/mol. The van der Waals surface area contributed by atoms with E-state index < -0.39 is 0 Å². The maximum absolute atomic E-state index is 5.98. The van der Waals surface area contributed by atoms with E-state index in [9.17, 15) is 0 Å². The van der Waals surface area contributed by atoms with Gasteiger partial charge in [0.25, 0.3) is 0 Å². The van der Waals surface area contributed by atoms with E-state index in [4.69, 9.17) is 10.5 Å². The van der Waals surface area contributed by atoms with Crippen LogP contribution in [-0.4, -0.2) is 18.2 Å². The zero-order valence-corrected chi connectivity index (χ0v) is 8.31. The minimum absolute atomic E-state index is 0.384. The number of nitrogens with zero attached hydrogens (tertiary/aromatic N) is 1. The molecule has 0 saturated carbocycles. The van der Waals surface area contributed by atoms with Crippen LogP contribution < -0.4 is 5.73 Å². The number of pyridine rings is 1. The molecule has 0 unspecified atom stereocenters. The molecule has 1 fully saturated rings. The summed E-state index contributed by atoms with van der Waals surface area (Å²) < 4.78 is 5.16. The number of aromatic nitrogens is 1. The van der Waals surface area contributed by atoms with Crippen LogP contribution in [0, 0.1) is 0 Å². The van der Waals surface area contributed by atoms with Crippen LogP contribution >= 0.6 is 0 Å². The van der Waals surface area contributed by atoms with Gasteiger partial charge >= 0.3 is 0 Å². The highest BCUT2D eigenvalue weighted by atomic mass is 16.5. The molecule has 1 aliphatic heterocycles. The van der Waals surface area contributed by atoms with Crippen LogP contribution in [0.5, 0.6) is 0 Å². The van der Waals surface area contributed by atoms with Crippen molar-refractivity contribution in [3.05, 3.63) is 36.0 Å². The van der Waals surface area contributed by atoms with Gasteiger partial charge in [-0.3, -0.25) is 4.98 Å². The number of fused-ring (bicyclic) bond motifs is 1. The second-order valence-corrected chi connectivity index (χ2v) is 3.89. The van der Waals surface area contributed by atoms with Crippen LogP contribution in [-0.2, 0) is 4.74 Å². The first-order valence-corrected chi connectivity index (χ1v) is 5.07. The van der Waals surface area contributed by atoms with E-state index in [0.29, 0.717) is 5.92 Å². The number of nitrogen functional groups attached to an aromatic ring is 1. The molecule has 2 N–H and O–H groups in total. The van der Waals surface area contributed by atoms with Gasteiger partial charge in [0.05, 0.1) is 36.0 Å². The van der Waals surface area contributed by atoms with E-state index in [-0.39, 0.29) is 0 Å². The van der Waals surface area contributed by atoms with E-state index >= 15 is 0 Å². The Hall–Kier alpha value is -1.61. The second-order valence-electron chi connectivity index (χ2n) is 3.89. The van der Waals surface area contributed by atoms with Gasteiger partial charge < -0.3 is 10.5 Å². The summed E-state index contributed by atoms with van der Waals surface area (Å²) in [5.74, 6) is 0.384. The summed E-state index contributed by atoms with van der Waals surface area (Å²) in [6.07, 6.45) is 0. The fourth-order valence-electron chi connectivity index (χ4n) is 1.87. The van der Waals surface area contributed by atoms with Crippen LogP contribution in [0.3, 0.4) is 0 Å². The Morgan fingerprint density at radius 1 is 1.27 bits per heavy atom. The Morgan fingerprint density at radius 2 is 2.07 bits per heavy atom. The molecule has 0 amide bonds. The van der Waals surface area contributed by atoms with Crippen LogP contribution in [0.2, 0.25) is 0 Å². The molecule has 3 heteroatoms. The van der Waals surface area contributed by atoms with Crippen LogP contribution in [0.1, 0.15) is 11.6 Å². The van der Waals surface area contributed by atoms with Crippen molar-refractivity contribution in [2.75, 3.05) is 18.9 Å². The molecule has 3 nitrogen and oxygen atoms in total. The predicted octanol–water partition coefficient (Wildman–Crippen LogP) is 1.93. The second kappa shape index (κ2) is 3.21. The molecule has 1 aromatic heterocycles. The summed E-state index contributed by atoms with van der Waals surface area (Å²) in [5.41, 5.74) is 8.75. The molecule has 15 heavy (non-hydrogen) atoms. The third-order valence-electron chi connectivity index (χ3n) is 2.81. The number of anilines is 1.